The van der Waals surface area contributed by atoms with E-state index >= 15 is 0 Å². The molecule has 1 aliphatic heterocycles. The number of hydrogen-bond donors (Lipinski definition) is 0. The van der Waals surface area contributed by atoms with Crippen molar-refractivity contribution >= 4 is 11.8 Å². The van der Waals surface area contributed by atoms with Crippen LogP contribution in [0, 0.1) is 11.8 Å². The van der Waals surface area contributed by atoms with Gasteiger partial charge in [-0.3, -0.25) is 14.6 Å². The van der Waals surface area contributed by atoms with Crippen molar-refractivity contribution in [1.82, 2.24) is 24.8 Å². The zero-order valence-electron chi connectivity index (χ0n) is 20.2. The van der Waals surface area contributed by atoms with Gasteiger partial charge in [0.1, 0.15) is 5.75 Å². The van der Waals surface area contributed by atoms with Crippen molar-refractivity contribution in [2.24, 2.45) is 11.8 Å². The van der Waals surface area contributed by atoms with Gasteiger partial charge in [-0.05, 0) is 54.7 Å². The molecule has 0 N–H and O–H groups in total. The van der Waals surface area contributed by atoms with Crippen molar-refractivity contribution in [1.29, 1.82) is 0 Å². The molecule has 0 bridgehead atoms. The van der Waals surface area contributed by atoms with Crippen molar-refractivity contribution in [2.75, 3.05) is 26.2 Å². The van der Waals surface area contributed by atoms with Crippen LogP contribution in [0.1, 0.15) is 36.3 Å². The van der Waals surface area contributed by atoms with E-state index in [4.69, 9.17) is 4.74 Å². The highest BCUT2D eigenvalue weighted by Gasteiger charge is 2.29. The molecule has 4 rings (SSSR count). The fraction of sp³-hybridized carbons (Fsp3) is 0.370. The molecular weight excluding hydrogens is 442 g/mol. The molecule has 3 aromatic rings. The summed E-state index contributed by atoms with van der Waals surface area (Å²) < 4.78 is 5.71. The molecule has 3 heterocycles. The summed E-state index contributed by atoms with van der Waals surface area (Å²) in [6.45, 7) is 6.26. The molecule has 35 heavy (non-hydrogen) atoms. The second-order valence-electron chi connectivity index (χ2n) is 9.24. The Bertz CT molecular complexity index is 1120. The molecule has 1 aromatic carbocycles. The van der Waals surface area contributed by atoms with E-state index in [1.165, 1.54) is 0 Å². The SMILES string of the molecule is CC(C)CC(=O)N1CCN(C(=O)c2cccc(Oc3ncccn3)c2)CC(Cc2ccccn2)C1. The summed E-state index contributed by atoms with van der Waals surface area (Å²) in [6, 6.07) is 14.8. The number of pyridine rings is 1. The van der Waals surface area contributed by atoms with Crippen molar-refractivity contribution < 1.29 is 14.3 Å². The number of amides is 2. The third-order valence-electron chi connectivity index (χ3n) is 5.88. The second kappa shape index (κ2) is 11.6. The minimum absolute atomic E-state index is 0.0876. The maximum absolute atomic E-state index is 13.5. The molecule has 2 amide bonds. The number of carbonyl (C=O) groups is 2. The number of rotatable bonds is 7. The summed E-state index contributed by atoms with van der Waals surface area (Å²) in [5, 5.41) is 0. The van der Waals surface area contributed by atoms with Gasteiger partial charge in [0.15, 0.2) is 0 Å². The van der Waals surface area contributed by atoms with Crippen molar-refractivity contribution in [3.8, 4) is 11.8 Å². The average molecular weight is 474 g/mol. The van der Waals surface area contributed by atoms with Crippen LogP contribution < -0.4 is 4.74 Å². The van der Waals surface area contributed by atoms with E-state index in [1.54, 1.807) is 48.9 Å². The molecule has 0 spiro atoms. The topological polar surface area (TPSA) is 88.5 Å². The normalized spacial score (nSPS) is 16.1. The van der Waals surface area contributed by atoms with Gasteiger partial charge in [-0.2, -0.15) is 0 Å². The third kappa shape index (κ3) is 6.85. The first kappa shape index (κ1) is 24.3. The number of aromatic nitrogens is 3. The van der Waals surface area contributed by atoms with Crippen LogP contribution in [-0.4, -0.2) is 62.7 Å². The predicted octanol–water partition coefficient (Wildman–Crippen LogP) is 3.85. The second-order valence-corrected chi connectivity index (χ2v) is 9.24. The van der Waals surface area contributed by atoms with Gasteiger partial charge >= 0.3 is 6.01 Å². The first-order valence-electron chi connectivity index (χ1n) is 12.0. The Morgan fingerprint density at radius 1 is 0.943 bits per heavy atom. The Morgan fingerprint density at radius 2 is 1.69 bits per heavy atom. The molecule has 8 nitrogen and oxygen atoms in total. The van der Waals surface area contributed by atoms with Gasteiger partial charge in [-0.25, -0.2) is 9.97 Å². The summed E-state index contributed by atoms with van der Waals surface area (Å²) in [5.74, 6) is 0.918. The molecule has 1 aliphatic rings. The number of nitrogens with zero attached hydrogens (tertiary/aromatic N) is 5. The first-order valence-corrected chi connectivity index (χ1v) is 12.0. The van der Waals surface area contributed by atoms with Crippen LogP contribution in [-0.2, 0) is 11.2 Å². The zero-order chi connectivity index (χ0) is 24.6. The molecule has 1 saturated heterocycles. The molecule has 1 fully saturated rings. The van der Waals surface area contributed by atoms with Crippen LogP contribution in [0.2, 0.25) is 0 Å². The molecule has 8 heteroatoms. The lowest BCUT2D eigenvalue weighted by Gasteiger charge is -2.25. The maximum atomic E-state index is 13.5. The minimum atomic E-state index is -0.0893. The Balaban J connectivity index is 1.52. The van der Waals surface area contributed by atoms with Crippen molar-refractivity contribution in [3.05, 3.63) is 78.4 Å². The summed E-state index contributed by atoms with van der Waals surface area (Å²) in [5.41, 5.74) is 1.48. The van der Waals surface area contributed by atoms with Crippen molar-refractivity contribution in [3.63, 3.8) is 0 Å². The van der Waals surface area contributed by atoms with Crippen LogP contribution in [0.25, 0.3) is 0 Å². The molecule has 0 radical (unpaired) electrons. The summed E-state index contributed by atoms with van der Waals surface area (Å²) in [7, 11) is 0. The third-order valence-corrected chi connectivity index (χ3v) is 5.88. The Labute approximate surface area is 206 Å². The summed E-state index contributed by atoms with van der Waals surface area (Å²) in [6.07, 6.45) is 6.18. The molecule has 0 aliphatic carbocycles. The highest BCUT2D eigenvalue weighted by molar-refractivity contribution is 5.94. The van der Waals surface area contributed by atoms with E-state index in [9.17, 15) is 9.59 Å². The van der Waals surface area contributed by atoms with E-state index in [1.807, 2.05) is 41.8 Å². The lowest BCUT2D eigenvalue weighted by molar-refractivity contribution is -0.132. The van der Waals surface area contributed by atoms with Gasteiger partial charge in [0.05, 0.1) is 0 Å². The summed E-state index contributed by atoms with van der Waals surface area (Å²) in [4.78, 5) is 42.8. The maximum Gasteiger partial charge on any atom is 0.321 e. The number of benzene rings is 1. The Morgan fingerprint density at radius 3 is 2.43 bits per heavy atom. The molecule has 2 aromatic heterocycles. The zero-order valence-corrected chi connectivity index (χ0v) is 20.2. The minimum Gasteiger partial charge on any atom is -0.424 e. The van der Waals surface area contributed by atoms with E-state index in [2.05, 4.69) is 15.0 Å². The molecule has 182 valence electrons. The van der Waals surface area contributed by atoms with Crippen LogP contribution in [0.15, 0.2) is 67.1 Å². The smallest absolute Gasteiger partial charge is 0.321 e. The van der Waals surface area contributed by atoms with E-state index in [0.717, 1.165) is 5.69 Å². The van der Waals surface area contributed by atoms with Crippen LogP contribution in [0.5, 0.6) is 11.8 Å². The monoisotopic (exact) mass is 473 g/mol. The fourth-order valence-corrected chi connectivity index (χ4v) is 4.26. The number of carbonyl (C=O) groups excluding carboxylic acids is 2. The lowest BCUT2D eigenvalue weighted by Crippen LogP contribution is -2.37. The van der Waals surface area contributed by atoms with Gasteiger partial charge in [0.2, 0.25) is 5.91 Å². The largest absolute Gasteiger partial charge is 0.424 e. The Kier molecular flexibility index (Phi) is 8.03. The Hall–Kier alpha value is -3.81. The quantitative estimate of drug-likeness (QED) is 0.518. The predicted molar refractivity (Wildman–Crippen MR) is 132 cm³/mol. The first-order chi connectivity index (χ1) is 17.0. The van der Waals surface area contributed by atoms with Gasteiger partial charge < -0.3 is 14.5 Å². The van der Waals surface area contributed by atoms with Crippen LogP contribution in [0.3, 0.4) is 0 Å². The van der Waals surface area contributed by atoms with E-state index in [0.29, 0.717) is 50.3 Å². The highest BCUT2D eigenvalue weighted by Crippen LogP contribution is 2.22. The van der Waals surface area contributed by atoms with Crippen LogP contribution in [0.4, 0.5) is 0 Å². The lowest BCUT2D eigenvalue weighted by atomic mass is 10.0. The molecule has 1 atom stereocenters. The van der Waals surface area contributed by atoms with Gasteiger partial charge in [-0.15, -0.1) is 0 Å². The number of hydrogen-bond acceptors (Lipinski definition) is 6. The molecular formula is C27H31N5O3. The summed E-state index contributed by atoms with van der Waals surface area (Å²) >= 11 is 0. The van der Waals surface area contributed by atoms with E-state index in [-0.39, 0.29) is 29.7 Å². The van der Waals surface area contributed by atoms with E-state index < -0.39 is 0 Å². The molecule has 1 unspecified atom stereocenters. The van der Waals surface area contributed by atoms with Gasteiger partial charge in [0, 0.05) is 62.4 Å². The fourth-order valence-electron chi connectivity index (χ4n) is 4.26. The van der Waals surface area contributed by atoms with Gasteiger partial charge in [-0.1, -0.05) is 26.0 Å². The van der Waals surface area contributed by atoms with Gasteiger partial charge in [0.25, 0.3) is 5.91 Å². The van der Waals surface area contributed by atoms with Crippen molar-refractivity contribution in [2.45, 2.75) is 26.7 Å². The van der Waals surface area contributed by atoms with Crippen LogP contribution >= 0.6 is 0 Å². The average Bonchev–Trinajstić information content (AvgIpc) is 3.07. The molecule has 0 saturated carbocycles. The standard InChI is InChI=1S/C27H31N5O3/c1-20(2)15-25(33)31-13-14-32(19-21(18-31)16-23-8-3-4-10-28-23)26(34)22-7-5-9-24(17-22)35-27-29-11-6-12-30-27/h3-12,17,20-21H,13-16,18-19H2,1-2H3. The highest BCUT2D eigenvalue weighted by atomic mass is 16.5. The number of ether oxygens (including phenoxy) is 1.